The third kappa shape index (κ3) is 3.31. The molecule has 2 heterocycles. The zero-order chi connectivity index (χ0) is 16.3. The summed E-state index contributed by atoms with van der Waals surface area (Å²) in [6, 6.07) is 5.54. The van der Waals surface area contributed by atoms with Crippen molar-refractivity contribution in [2.24, 2.45) is 0 Å². The number of hydrogen-bond donors (Lipinski definition) is 0. The van der Waals surface area contributed by atoms with Crippen LogP contribution in [0.2, 0.25) is 5.02 Å². The van der Waals surface area contributed by atoms with Gasteiger partial charge in [-0.05, 0) is 31.9 Å². The van der Waals surface area contributed by atoms with Crippen molar-refractivity contribution in [2.45, 2.75) is 31.4 Å². The lowest BCUT2D eigenvalue weighted by Gasteiger charge is -2.35. The summed E-state index contributed by atoms with van der Waals surface area (Å²) in [6.07, 6.45) is 7.52. The summed E-state index contributed by atoms with van der Waals surface area (Å²) in [5.74, 6) is 1.35. The van der Waals surface area contributed by atoms with Crippen LogP contribution in [0.25, 0.3) is 0 Å². The molecular weight excluding hydrogens is 316 g/mol. The van der Waals surface area contributed by atoms with Crippen molar-refractivity contribution >= 4 is 11.6 Å². The van der Waals surface area contributed by atoms with E-state index in [0.717, 1.165) is 19.4 Å². The molecule has 124 valence electrons. The Balaban J connectivity index is 1.75. The van der Waals surface area contributed by atoms with Crippen molar-refractivity contribution in [1.82, 2.24) is 9.55 Å². The molecule has 0 spiro atoms. The second-order valence-corrected chi connectivity index (χ2v) is 6.19. The summed E-state index contributed by atoms with van der Waals surface area (Å²) in [4.78, 5) is 4.13. The standard InChI is InChI=1S/C17H21ClN2O3/c1-13(20-8-7-19-12-20)17(6-3-9-23-17)11-22-16-5-4-14(21-2)10-15(16)18/h4-5,7-8,10,12-13H,3,6,9,11H2,1-2H3. The lowest BCUT2D eigenvalue weighted by molar-refractivity contribution is -0.0633. The van der Waals surface area contributed by atoms with Gasteiger partial charge in [0.2, 0.25) is 0 Å². The average molecular weight is 337 g/mol. The third-order valence-corrected chi connectivity index (χ3v) is 4.77. The number of rotatable bonds is 6. The molecule has 1 fully saturated rings. The van der Waals surface area contributed by atoms with Crippen LogP contribution < -0.4 is 9.47 Å². The minimum Gasteiger partial charge on any atom is -0.497 e. The summed E-state index contributed by atoms with van der Waals surface area (Å²) in [5, 5.41) is 0.535. The number of benzene rings is 1. The van der Waals surface area contributed by atoms with E-state index in [2.05, 4.69) is 16.5 Å². The molecule has 1 saturated heterocycles. The first-order valence-electron chi connectivity index (χ1n) is 7.72. The Kier molecular flexibility index (Phi) is 4.78. The fraction of sp³-hybridized carbons (Fsp3) is 0.471. The second kappa shape index (κ2) is 6.81. The van der Waals surface area contributed by atoms with Crippen molar-refractivity contribution in [3.05, 3.63) is 41.9 Å². The zero-order valence-corrected chi connectivity index (χ0v) is 14.1. The largest absolute Gasteiger partial charge is 0.497 e. The Bertz CT molecular complexity index is 639. The topological polar surface area (TPSA) is 45.5 Å². The van der Waals surface area contributed by atoms with Gasteiger partial charge in [-0.2, -0.15) is 0 Å². The second-order valence-electron chi connectivity index (χ2n) is 5.79. The Morgan fingerprint density at radius 2 is 2.35 bits per heavy atom. The van der Waals surface area contributed by atoms with Gasteiger partial charge in [-0.25, -0.2) is 4.98 Å². The number of ether oxygens (including phenoxy) is 3. The maximum absolute atomic E-state index is 6.26. The molecule has 0 saturated carbocycles. The van der Waals surface area contributed by atoms with E-state index in [1.165, 1.54) is 0 Å². The van der Waals surface area contributed by atoms with Crippen LogP contribution in [0, 0.1) is 0 Å². The molecule has 23 heavy (non-hydrogen) atoms. The Hall–Kier alpha value is -1.72. The normalized spacial score (nSPS) is 22.0. The lowest BCUT2D eigenvalue weighted by atomic mass is 9.92. The molecule has 2 unspecified atom stereocenters. The van der Waals surface area contributed by atoms with Gasteiger partial charge in [0.15, 0.2) is 0 Å². The molecule has 1 aliphatic heterocycles. The van der Waals surface area contributed by atoms with E-state index in [4.69, 9.17) is 25.8 Å². The monoisotopic (exact) mass is 336 g/mol. The van der Waals surface area contributed by atoms with Gasteiger partial charge < -0.3 is 18.8 Å². The van der Waals surface area contributed by atoms with Gasteiger partial charge in [0.25, 0.3) is 0 Å². The summed E-state index contributed by atoms with van der Waals surface area (Å²) in [7, 11) is 1.61. The smallest absolute Gasteiger partial charge is 0.138 e. The van der Waals surface area contributed by atoms with Crippen LogP contribution >= 0.6 is 11.6 Å². The first-order valence-corrected chi connectivity index (χ1v) is 8.10. The third-order valence-electron chi connectivity index (χ3n) is 4.48. The Labute approximate surface area is 141 Å². The quantitative estimate of drug-likeness (QED) is 0.806. The van der Waals surface area contributed by atoms with Gasteiger partial charge in [0.1, 0.15) is 23.7 Å². The molecule has 0 N–H and O–H groups in total. The average Bonchev–Trinajstić information content (AvgIpc) is 3.25. The van der Waals surface area contributed by atoms with E-state index < -0.39 is 0 Å². The summed E-state index contributed by atoms with van der Waals surface area (Å²) in [5.41, 5.74) is -0.371. The zero-order valence-electron chi connectivity index (χ0n) is 13.4. The predicted molar refractivity (Wildman–Crippen MR) is 88.4 cm³/mol. The fourth-order valence-corrected chi connectivity index (χ4v) is 3.20. The molecule has 2 aromatic rings. The number of imidazole rings is 1. The molecule has 2 atom stereocenters. The molecular formula is C17H21ClN2O3. The van der Waals surface area contributed by atoms with Crippen LogP contribution in [0.3, 0.4) is 0 Å². The van der Waals surface area contributed by atoms with Crippen molar-refractivity contribution in [3.8, 4) is 11.5 Å². The van der Waals surface area contributed by atoms with Crippen LogP contribution in [0.15, 0.2) is 36.9 Å². The van der Waals surface area contributed by atoms with E-state index in [1.807, 2.05) is 24.7 Å². The molecule has 3 rings (SSSR count). The molecule has 0 radical (unpaired) electrons. The van der Waals surface area contributed by atoms with Crippen LogP contribution in [0.1, 0.15) is 25.8 Å². The van der Waals surface area contributed by atoms with Gasteiger partial charge in [-0.1, -0.05) is 11.6 Å². The van der Waals surface area contributed by atoms with Gasteiger partial charge in [-0.15, -0.1) is 0 Å². The summed E-state index contributed by atoms with van der Waals surface area (Å²) in [6.45, 7) is 3.32. The van der Waals surface area contributed by atoms with Gasteiger partial charge in [0, 0.05) is 25.1 Å². The number of hydrogen-bond acceptors (Lipinski definition) is 4. The molecule has 6 heteroatoms. The minimum absolute atomic E-state index is 0.129. The van der Waals surface area contributed by atoms with E-state index in [1.54, 1.807) is 19.4 Å². The van der Waals surface area contributed by atoms with E-state index in [-0.39, 0.29) is 11.6 Å². The fourth-order valence-electron chi connectivity index (χ4n) is 2.98. The Morgan fingerprint density at radius 1 is 1.48 bits per heavy atom. The van der Waals surface area contributed by atoms with Crippen molar-refractivity contribution in [1.29, 1.82) is 0 Å². The highest BCUT2D eigenvalue weighted by Gasteiger charge is 2.42. The van der Waals surface area contributed by atoms with Crippen molar-refractivity contribution in [2.75, 3.05) is 20.3 Å². The number of aromatic nitrogens is 2. The van der Waals surface area contributed by atoms with Crippen LogP contribution in [-0.4, -0.2) is 35.5 Å². The molecule has 0 amide bonds. The first kappa shape index (κ1) is 16.1. The SMILES string of the molecule is COc1ccc(OCC2(C(C)n3ccnc3)CCCO2)c(Cl)c1. The number of methoxy groups -OCH3 is 1. The van der Waals surface area contributed by atoms with Crippen LogP contribution in [0.4, 0.5) is 0 Å². The minimum atomic E-state index is -0.371. The van der Waals surface area contributed by atoms with E-state index >= 15 is 0 Å². The predicted octanol–water partition coefficient (Wildman–Crippen LogP) is 3.73. The number of nitrogens with zero attached hydrogens (tertiary/aromatic N) is 2. The Morgan fingerprint density at radius 3 is 2.96 bits per heavy atom. The molecule has 5 nitrogen and oxygen atoms in total. The molecule has 1 aliphatic rings. The highest BCUT2D eigenvalue weighted by molar-refractivity contribution is 6.32. The van der Waals surface area contributed by atoms with Gasteiger partial charge >= 0.3 is 0 Å². The van der Waals surface area contributed by atoms with E-state index in [9.17, 15) is 0 Å². The molecule has 0 bridgehead atoms. The van der Waals surface area contributed by atoms with E-state index in [0.29, 0.717) is 23.1 Å². The number of halogens is 1. The summed E-state index contributed by atoms with van der Waals surface area (Å²) < 4.78 is 19.3. The summed E-state index contributed by atoms with van der Waals surface area (Å²) >= 11 is 6.26. The van der Waals surface area contributed by atoms with Crippen molar-refractivity contribution in [3.63, 3.8) is 0 Å². The maximum atomic E-state index is 6.26. The van der Waals surface area contributed by atoms with Crippen LogP contribution in [0.5, 0.6) is 11.5 Å². The molecule has 0 aliphatic carbocycles. The van der Waals surface area contributed by atoms with Gasteiger partial charge in [-0.3, -0.25) is 0 Å². The molecule has 1 aromatic carbocycles. The maximum Gasteiger partial charge on any atom is 0.138 e. The van der Waals surface area contributed by atoms with Crippen molar-refractivity contribution < 1.29 is 14.2 Å². The van der Waals surface area contributed by atoms with Crippen LogP contribution in [-0.2, 0) is 4.74 Å². The highest BCUT2D eigenvalue weighted by atomic mass is 35.5. The molecule has 1 aromatic heterocycles. The first-order chi connectivity index (χ1) is 11.1. The highest BCUT2D eigenvalue weighted by Crippen LogP contribution is 2.38. The van der Waals surface area contributed by atoms with Gasteiger partial charge in [0.05, 0.1) is 24.5 Å². The lowest BCUT2D eigenvalue weighted by Crippen LogP contribution is -2.42.